The summed E-state index contributed by atoms with van der Waals surface area (Å²) in [6, 6.07) is 2.42. The molecule has 0 saturated carbocycles. The van der Waals surface area contributed by atoms with Gasteiger partial charge in [0.1, 0.15) is 11.6 Å². The molecule has 2 N–H and O–H groups in total. The highest BCUT2D eigenvalue weighted by atomic mass is 79.9. The second kappa shape index (κ2) is 3.87. The van der Waals surface area contributed by atoms with Gasteiger partial charge in [0.05, 0.1) is 11.1 Å². The smallest absolute Gasteiger partial charge is 0.133 e. The lowest BCUT2D eigenvalue weighted by atomic mass is 9.85. The molecule has 78 valence electrons. The summed E-state index contributed by atoms with van der Waals surface area (Å²) in [5, 5.41) is 18.8. The maximum absolute atomic E-state index is 13.1. The molecule has 0 aliphatic carbocycles. The Hall–Kier alpha value is -0.610. The van der Waals surface area contributed by atoms with Crippen LogP contribution in [0.5, 0.6) is 5.75 Å². The van der Waals surface area contributed by atoms with Crippen LogP contribution in [0.3, 0.4) is 0 Å². The monoisotopic (exact) mass is 262 g/mol. The second-order valence-corrected chi connectivity index (χ2v) is 4.68. The van der Waals surface area contributed by atoms with Crippen molar-refractivity contribution in [2.24, 2.45) is 0 Å². The van der Waals surface area contributed by atoms with Crippen LogP contribution >= 0.6 is 15.9 Å². The van der Waals surface area contributed by atoms with Crippen molar-refractivity contribution in [1.82, 2.24) is 0 Å². The number of hydrogen-bond acceptors (Lipinski definition) is 2. The van der Waals surface area contributed by atoms with E-state index in [1.165, 1.54) is 12.1 Å². The van der Waals surface area contributed by atoms with Gasteiger partial charge in [-0.05, 0) is 28.1 Å². The van der Waals surface area contributed by atoms with E-state index < -0.39 is 11.2 Å². The lowest BCUT2D eigenvalue weighted by molar-refractivity contribution is 0.215. The van der Waals surface area contributed by atoms with Gasteiger partial charge < -0.3 is 10.2 Å². The van der Waals surface area contributed by atoms with Crippen LogP contribution in [0, 0.1) is 5.82 Å². The van der Waals surface area contributed by atoms with E-state index in [1.807, 2.05) is 0 Å². The Bertz CT molecular complexity index is 350. The van der Waals surface area contributed by atoms with Crippen molar-refractivity contribution in [3.05, 3.63) is 28.0 Å². The van der Waals surface area contributed by atoms with Crippen LogP contribution in [-0.2, 0) is 5.41 Å². The first-order valence-electron chi connectivity index (χ1n) is 4.18. The summed E-state index contributed by atoms with van der Waals surface area (Å²) < 4.78 is 13.4. The minimum absolute atomic E-state index is 0.0227. The lowest BCUT2D eigenvalue weighted by Crippen LogP contribution is -2.22. The Balaban J connectivity index is 3.34. The van der Waals surface area contributed by atoms with Crippen LogP contribution in [0.1, 0.15) is 19.4 Å². The van der Waals surface area contributed by atoms with E-state index >= 15 is 0 Å². The fraction of sp³-hybridized carbons (Fsp3) is 0.400. The van der Waals surface area contributed by atoms with Crippen LogP contribution in [0.2, 0.25) is 0 Å². The van der Waals surface area contributed by atoms with Crippen LogP contribution in [0.15, 0.2) is 16.6 Å². The van der Waals surface area contributed by atoms with E-state index in [0.717, 1.165) is 0 Å². The summed E-state index contributed by atoms with van der Waals surface area (Å²) in [5.74, 6) is -0.461. The molecule has 0 saturated heterocycles. The molecule has 0 heterocycles. The predicted molar refractivity (Wildman–Crippen MR) is 55.9 cm³/mol. The molecule has 0 aliphatic rings. The van der Waals surface area contributed by atoms with Crippen molar-refractivity contribution in [2.75, 3.05) is 6.61 Å². The molecule has 0 bridgehead atoms. The normalized spacial score (nSPS) is 11.8. The zero-order chi connectivity index (χ0) is 10.9. The minimum atomic E-state index is -0.658. The van der Waals surface area contributed by atoms with Crippen LogP contribution in [-0.4, -0.2) is 16.8 Å². The van der Waals surface area contributed by atoms with Crippen molar-refractivity contribution in [2.45, 2.75) is 19.3 Å². The summed E-state index contributed by atoms with van der Waals surface area (Å²) in [5.41, 5.74) is -0.263. The maximum atomic E-state index is 13.1. The SMILES string of the molecule is CC(C)(CO)c1cc(F)cc(Br)c1O. The van der Waals surface area contributed by atoms with E-state index in [4.69, 9.17) is 5.11 Å². The number of rotatable bonds is 2. The highest BCUT2D eigenvalue weighted by Crippen LogP contribution is 2.36. The summed E-state index contributed by atoms with van der Waals surface area (Å²) in [4.78, 5) is 0. The van der Waals surface area contributed by atoms with Gasteiger partial charge in [0.25, 0.3) is 0 Å². The van der Waals surface area contributed by atoms with Crippen LogP contribution in [0.4, 0.5) is 4.39 Å². The quantitative estimate of drug-likeness (QED) is 0.860. The highest BCUT2D eigenvalue weighted by Gasteiger charge is 2.25. The van der Waals surface area contributed by atoms with Gasteiger partial charge in [-0.25, -0.2) is 4.39 Å². The van der Waals surface area contributed by atoms with Crippen LogP contribution < -0.4 is 0 Å². The number of hydrogen-bond donors (Lipinski definition) is 2. The minimum Gasteiger partial charge on any atom is -0.506 e. The Morgan fingerprint density at radius 2 is 2.00 bits per heavy atom. The molecule has 1 aromatic carbocycles. The summed E-state index contributed by atoms with van der Waals surface area (Å²) in [6.07, 6.45) is 0. The van der Waals surface area contributed by atoms with Gasteiger partial charge in [-0.1, -0.05) is 13.8 Å². The third-order valence-corrected chi connectivity index (χ3v) is 2.76. The molecule has 0 aliphatic heterocycles. The van der Waals surface area contributed by atoms with E-state index in [0.29, 0.717) is 10.0 Å². The predicted octanol–water partition coefficient (Wildman–Crippen LogP) is 2.56. The number of phenolic OH excluding ortho intramolecular Hbond substituents is 1. The molecule has 0 unspecified atom stereocenters. The zero-order valence-electron chi connectivity index (χ0n) is 8.01. The van der Waals surface area contributed by atoms with Gasteiger partial charge in [-0.2, -0.15) is 0 Å². The average molecular weight is 263 g/mol. The van der Waals surface area contributed by atoms with Gasteiger partial charge in [0.15, 0.2) is 0 Å². The largest absolute Gasteiger partial charge is 0.506 e. The molecule has 0 radical (unpaired) electrons. The molecule has 0 atom stereocenters. The number of halogens is 2. The van der Waals surface area contributed by atoms with Gasteiger partial charge in [0.2, 0.25) is 0 Å². The Kier molecular flexibility index (Phi) is 3.17. The molecule has 14 heavy (non-hydrogen) atoms. The first-order chi connectivity index (χ1) is 6.38. The third kappa shape index (κ3) is 2.07. The number of phenols is 1. The number of aromatic hydroxyl groups is 1. The van der Waals surface area contributed by atoms with Crippen molar-refractivity contribution in [3.63, 3.8) is 0 Å². The van der Waals surface area contributed by atoms with E-state index in [1.54, 1.807) is 13.8 Å². The number of aliphatic hydroxyl groups excluding tert-OH is 1. The fourth-order valence-electron chi connectivity index (χ4n) is 1.17. The maximum Gasteiger partial charge on any atom is 0.133 e. The Labute approximate surface area is 90.5 Å². The number of benzene rings is 1. The molecule has 1 rings (SSSR count). The fourth-order valence-corrected chi connectivity index (χ4v) is 1.60. The third-order valence-electron chi connectivity index (χ3n) is 2.15. The average Bonchev–Trinajstić information content (AvgIpc) is 2.11. The molecule has 0 spiro atoms. The Morgan fingerprint density at radius 1 is 1.43 bits per heavy atom. The molecule has 2 nitrogen and oxygen atoms in total. The topological polar surface area (TPSA) is 40.5 Å². The summed E-state index contributed by atoms with van der Waals surface area (Å²) in [7, 11) is 0. The van der Waals surface area contributed by atoms with Gasteiger partial charge >= 0.3 is 0 Å². The standard InChI is InChI=1S/C10H12BrFO2/c1-10(2,5-13)7-3-6(12)4-8(11)9(7)14/h3-4,13-14H,5H2,1-2H3. The highest BCUT2D eigenvalue weighted by molar-refractivity contribution is 9.10. The van der Waals surface area contributed by atoms with Gasteiger partial charge in [0, 0.05) is 11.0 Å². The molecule has 4 heteroatoms. The molecule has 1 aromatic rings. The first-order valence-corrected chi connectivity index (χ1v) is 4.97. The van der Waals surface area contributed by atoms with Gasteiger partial charge in [-0.3, -0.25) is 0 Å². The zero-order valence-corrected chi connectivity index (χ0v) is 9.60. The molecular formula is C10H12BrFO2. The Morgan fingerprint density at radius 3 is 2.50 bits per heavy atom. The summed E-state index contributed by atoms with van der Waals surface area (Å²) >= 11 is 3.05. The number of aliphatic hydroxyl groups is 1. The van der Waals surface area contributed by atoms with E-state index in [-0.39, 0.29) is 12.4 Å². The van der Waals surface area contributed by atoms with Crippen LogP contribution in [0.25, 0.3) is 0 Å². The first kappa shape index (κ1) is 11.5. The van der Waals surface area contributed by atoms with E-state index in [9.17, 15) is 9.50 Å². The molecular weight excluding hydrogens is 251 g/mol. The summed E-state index contributed by atoms with van der Waals surface area (Å²) in [6.45, 7) is 3.30. The molecule has 0 fully saturated rings. The van der Waals surface area contributed by atoms with E-state index in [2.05, 4.69) is 15.9 Å². The van der Waals surface area contributed by atoms with Gasteiger partial charge in [-0.15, -0.1) is 0 Å². The second-order valence-electron chi connectivity index (χ2n) is 3.83. The lowest BCUT2D eigenvalue weighted by Gasteiger charge is -2.23. The van der Waals surface area contributed by atoms with Crippen molar-refractivity contribution in [3.8, 4) is 5.75 Å². The van der Waals surface area contributed by atoms with Crippen molar-refractivity contribution >= 4 is 15.9 Å². The molecule has 0 aromatic heterocycles. The molecule has 0 amide bonds. The van der Waals surface area contributed by atoms with Crippen molar-refractivity contribution in [1.29, 1.82) is 0 Å². The van der Waals surface area contributed by atoms with Crippen molar-refractivity contribution < 1.29 is 14.6 Å².